The summed E-state index contributed by atoms with van der Waals surface area (Å²) in [5.41, 5.74) is 1.78. The van der Waals surface area contributed by atoms with Gasteiger partial charge in [-0.05, 0) is 60.1 Å². The van der Waals surface area contributed by atoms with Gasteiger partial charge in [0.1, 0.15) is 18.3 Å². The molecule has 1 aliphatic heterocycles. The predicted molar refractivity (Wildman–Crippen MR) is 123 cm³/mol. The van der Waals surface area contributed by atoms with Gasteiger partial charge < -0.3 is 44.8 Å². The van der Waals surface area contributed by atoms with E-state index in [4.69, 9.17) is 14.2 Å². The summed E-state index contributed by atoms with van der Waals surface area (Å²) in [6.07, 6.45) is -7.46. The van der Waals surface area contributed by atoms with Crippen LogP contribution >= 0.6 is 0 Å². The van der Waals surface area contributed by atoms with Gasteiger partial charge in [0.2, 0.25) is 6.29 Å². The zero-order valence-corrected chi connectivity index (χ0v) is 19.7. The SMILES string of the molecule is COc1ccc(CC(C)C(C)Cc2ccc(O)c(O[C@H]3O[C@@H](C(=O)O)[C@H](O)[C@@H](O)[C@@H]3O)c2)cc1O. The van der Waals surface area contributed by atoms with E-state index in [1.165, 1.54) is 13.2 Å². The van der Waals surface area contributed by atoms with Crippen molar-refractivity contribution in [3.8, 4) is 23.0 Å². The van der Waals surface area contributed by atoms with Gasteiger partial charge in [-0.1, -0.05) is 26.0 Å². The van der Waals surface area contributed by atoms with Crippen molar-refractivity contribution < 1.29 is 49.6 Å². The molecule has 0 amide bonds. The summed E-state index contributed by atoms with van der Waals surface area (Å²) in [6.45, 7) is 4.17. The van der Waals surface area contributed by atoms with E-state index in [1.807, 2.05) is 6.07 Å². The second-order valence-corrected chi connectivity index (χ2v) is 9.02. The summed E-state index contributed by atoms with van der Waals surface area (Å²) in [5, 5.41) is 59.4. The van der Waals surface area contributed by atoms with Crippen molar-refractivity contribution in [2.45, 2.75) is 57.4 Å². The van der Waals surface area contributed by atoms with Crippen molar-refractivity contribution >= 4 is 5.97 Å². The zero-order chi connectivity index (χ0) is 25.9. The lowest BCUT2D eigenvalue weighted by atomic mass is 9.85. The Bertz CT molecular complexity index is 1030. The smallest absolute Gasteiger partial charge is 0.335 e. The van der Waals surface area contributed by atoms with E-state index in [0.29, 0.717) is 12.2 Å². The van der Waals surface area contributed by atoms with E-state index in [1.54, 1.807) is 24.3 Å². The summed E-state index contributed by atoms with van der Waals surface area (Å²) < 4.78 is 15.7. The topological polar surface area (TPSA) is 166 Å². The van der Waals surface area contributed by atoms with Gasteiger partial charge in [0.25, 0.3) is 0 Å². The van der Waals surface area contributed by atoms with Crippen LogP contribution in [0.3, 0.4) is 0 Å². The first-order chi connectivity index (χ1) is 16.5. The van der Waals surface area contributed by atoms with Crippen molar-refractivity contribution in [1.82, 2.24) is 0 Å². The lowest BCUT2D eigenvalue weighted by Crippen LogP contribution is -2.61. The highest BCUT2D eigenvalue weighted by Crippen LogP contribution is 2.33. The molecular formula is C25H32O10. The molecule has 192 valence electrons. The van der Waals surface area contributed by atoms with E-state index < -0.39 is 36.7 Å². The fourth-order valence-electron chi connectivity index (χ4n) is 4.06. The third-order valence-electron chi connectivity index (χ3n) is 6.41. The normalized spacial score (nSPS) is 26.1. The number of aliphatic hydroxyl groups is 3. The van der Waals surface area contributed by atoms with Gasteiger partial charge >= 0.3 is 5.97 Å². The number of carboxylic acid groups (broad SMARTS) is 1. The summed E-state index contributed by atoms with van der Waals surface area (Å²) in [5.74, 6) is -0.914. The number of methoxy groups -OCH3 is 1. The van der Waals surface area contributed by atoms with Crippen LogP contribution in [-0.2, 0) is 22.4 Å². The standard InChI is InChI=1S/C25H32O10/c1-12(8-14-5-7-18(33-3)17(27)10-14)13(2)9-15-4-6-16(26)19(11-15)34-25-22(30)20(28)21(29)23(35-25)24(31)32/h4-7,10-13,20-23,25-30H,8-9H2,1-3H3,(H,31,32)/t12?,13?,20-,21-,22+,23-,25+/m1/s1. The fourth-order valence-corrected chi connectivity index (χ4v) is 4.06. The molecule has 0 aromatic heterocycles. The highest BCUT2D eigenvalue weighted by atomic mass is 16.7. The average molecular weight is 493 g/mol. The first kappa shape index (κ1) is 26.6. The maximum atomic E-state index is 11.3. The monoisotopic (exact) mass is 492 g/mol. The van der Waals surface area contributed by atoms with Crippen LogP contribution in [0.1, 0.15) is 25.0 Å². The first-order valence-electron chi connectivity index (χ1n) is 11.3. The lowest BCUT2D eigenvalue weighted by Gasteiger charge is -2.38. The number of phenolic OH excluding ortho intramolecular Hbond substituents is 2. The molecule has 1 aliphatic rings. The minimum atomic E-state index is -1.84. The van der Waals surface area contributed by atoms with Crippen molar-refractivity contribution in [2.75, 3.05) is 7.11 Å². The lowest BCUT2D eigenvalue weighted by molar-refractivity contribution is -0.271. The molecule has 0 bridgehead atoms. The maximum absolute atomic E-state index is 11.3. The quantitative estimate of drug-likeness (QED) is 0.301. The Labute approximate surface area is 202 Å². The molecule has 1 heterocycles. The van der Waals surface area contributed by atoms with Crippen LogP contribution in [0.5, 0.6) is 23.0 Å². The maximum Gasteiger partial charge on any atom is 0.335 e. The van der Waals surface area contributed by atoms with Crippen molar-refractivity contribution in [3.05, 3.63) is 47.5 Å². The molecule has 1 fully saturated rings. The molecule has 35 heavy (non-hydrogen) atoms. The molecule has 10 nitrogen and oxygen atoms in total. The highest BCUT2D eigenvalue weighted by molar-refractivity contribution is 5.73. The Morgan fingerprint density at radius 3 is 2.06 bits per heavy atom. The number of ether oxygens (including phenoxy) is 3. The minimum Gasteiger partial charge on any atom is -0.504 e. The van der Waals surface area contributed by atoms with Gasteiger partial charge in [0, 0.05) is 0 Å². The van der Waals surface area contributed by atoms with Crippen LogP contribution in [0.4, 0.5) is 0 Å². The summed E-state index contributed by atoms with van der Waals surface area (Å²) in [7, 11) is 1.49. The van der Waals surface area contributed by atoms with Gasteiger partial charge in [-0.15, -0.1) is 0 Å². The van der Waals surface area contributed by atoms with Crippen molar-refractivity contribution in [2.24, 2.45) is 11.8 Å². The molecule has 2 aromatic carbocycles. The van der Waals surface area contributed by atoms with Crippen molar-refractivity contribution in [3.63, 3.8) is 0 Å². The Morgan fingerprint density at radius 2 is 1.49 bits per heavy atom. The fraction of sp³-hybridized carbons (Fsp3) is 0.480. The van der Waals surface area contributed by atoms with Crippen LogP contribution in [0, 0.1) is 11.8 Å². The molecule has 1 saturated heterocycles. The highest BCUT2D eigenvalue weighted by Gasteiger charge is 2.48. The van der Waals surface area contributed by atoms with Crippen LogP contribution < -0.4 is 9.47 Å². The molecule has 10 heteroatoms. The van der Waals surface area contributed by atoms with Crippen molar-refractivity contribution in [1.29, 1.82) is 0 Å². The van der Waals surface area contributed by atoms with E-state index in [9.17, 15) is 35.4 Å². The second-order valence-electron chi connectivity index (χ2n) is 9.02. The third kappa shape index (κ3) is 6.15. The molecule has 7 atom stereocenters. The number of carboxylic acids is 1. The second kappa shape index (κ2) is 11.1. The first-order valence-corrected chi connectivity index (χ1v) is 11.3. The van der Waals surface area contributed by atoms with E-state index in [2.05, 4.69) is 13.8 Å². The number of rotatable bonds is 9. The van der Waals surface area contributed by atoms with E-state index >= 15 is 0 Å². The summed E-state index contributed by atoms with van der Waals surface area (Å²) in [4.78, 5) is 11.3. The predicted octanol–water partition coefficient (Wildman–Crippen LogP) is 1.43. The van der Waals surface area contributed by atoms with Crippen LogP contribution in [0.15, 0.2) is 36.4 Å². The number of aromatic hydroxyl groups is 2. The molecule has 2 unspecified atom stereocenters. The third-order valence-corrected chi connectivity index (χ3v) is 6.41. The summed E-state index contributed by atoms with van der Waals surface area (Å²) in [6, 6.07) is 10.00. The number of hydrogen-bond donors (Lipinski definition) is 6. The molecule has 0 radical (unpaired) electrons. The molecule has 0 aliphatic carbocycles. The van der Waals surface area contributed by atoms with Gasteiger partial charge in [0.05, 0.1) is 7.11 Å². The molecular weight excluding hydrogens is 460 g/mol. The molecule has 0 spiro atoms. The number of benzene rings is 2. The summed E-state index contributed by atoms with van der Waals surface area (Å²) >= 11 is 0. The molecule has 3 rings (SSSR count). The minimum absolute atomic E-state index is 0.0563. The average Bonchev–Trinajstić information content (AvgIpc) is 2.81. The Hall–Kier alpha value is -3.05. The Morgan fingerprint density at radius 1 is 0.886 bits per heavy atom. The molecule has 6 N–H and O–H groups in total. The number of phenols is 2. The molecule has 2 aromatic rings. The van der Waals surface area contributed by atoms with Crippen LogP contribution in [-0.4, -0.2) is 74.4 Å². The number of hydrogen-bond acceptors (Lipinski definition) is 9. The van der Waals surface area contributed by atoms with Crippen LogP contribution in [0.25, 0.3) is 0 Å². The van der Waals surface area contributed by atoms with Gasteiger partial charge in [-0.25, -0.2) is 4.79 Å². The van der Waals surface area contributed by atoms with E-state index in [0.717, 1.165) is 17.5 Å². The number of carbonyl (C=O) groups is 1. The largest absolute Gasteiger partial charge is 0.504 e. The molecule has 0 saturated carbocycles. The number of aliphatic hydroxyl groups excluding tert-OH is 3. The zero-order valence-electron chi connectivity index (χ0n) is 19.7. The van der Waals surface area contributed by atoms with E-state index in [-0.39, 0.29) is 29.1 Å². The van der Waals surface area contributed by atoms with Crippen LogP contribution in [0.2, 0.25) is 0 Å². The van der Waals surface area contributed by atoms with Gasteiger partial charge in [-0.2, -0.15) is 0 Å². The number of aliphatic carboxylic acids is 1. The Balaban J connectivity index is 1.68. The Kier molecular flexibility index (Phi) is 8.44. The van der Waals surface area contributed by atoms with Gasteiger partial charge in [-0.3, -0.25) is 0 Å². The van der Waals surface area contributed by atoms with Gasteiger partial charge in [0.15, 0.2) is 29.1 Å².